The van der Waals surface area contributed by atoms with Crippen molar-refractivity contribution in [3.63, 3.8) is 0 Å². The van der Waals surface area contributed by atoms with Crippen LogP contribution in [0.4, 0.5) is 5.69 Å². The van der Waals surface area contributed by atoms with E-state index in [0.29, 0.717) is 17.6 Å². The zero-order chi connectivity index (χ0) is 14.8. The lowest BCUT2D eigenvalue weighted by molar-refractivity contribution is 0.408. The van der Waals surface area contributed by atoms with Crippen LogP contribution in [0.5, 0.6) is 5.75 Å². The number of nitrogen functional groups attached to an aromatic ring is 1. The Labute approximate surface area is 122 Å². The van der Waals surface area contributed by atoms with Crippen LogP contribution in [-0.2, 0) is 6.54 Å². The Morgan fingerprint density at radius 1 is 1.14 bits per heavy atom. The molecule has 0 saturated heterocycles. The number of benzene rings is 2. The van der Waals surface area contributed by atoms with Gasteiger partial charge in [0, 0.05) is 22.8 Å². The lowest BCUT2D eigenvalue weighted by Gasteiger charge is -2.12. The predicted molar refractivity (Wildman–Crippen MR) is 84.7 cm³/mol. The van der Waals surface area contributed by atoms with E-state index in [1.54, 1.807) is 23.9 Å². The average molecular weight is 280 g/mol. The smallest absolute Gasteiger partial charge is 0.258 e. The highest BCUT2D eigenvalue weighted by Crippen LogP contribution is 2.22. The fraction of sp³-hybridized carbons (Fsp3) is 0.118. The number of pyridine rings is 1. The normalized spacial score (nSPS) is 10.7. The average Bonchev–Trinajstić information content (AvgIpc) is 2.51. The molecule has 1 aromatic heterocycles. The van der Waals surface area contributed by atoms with Gasteiger partial charge >= 0.3 is 0 Å². The number of hydrogen-bond acceptors (Lipinski definition) is 3. The highest BCUT2D eigenvalue weighted by molar-refractivity contribution is 5.81. The fourth-order valence-electron chi connectivity index (χ4n) is 2.46. The second-order valence-corrected chi connectivity index (χ2v) is 4.91. The van der Waals surface area contributed by atoms with Crippen molar-refractivity contribution >= 4 is 16.5 Å². The number of anilines is 1. The molecule has 3 rings (SSSR count). The summed E-state index contributed by atoms with van der Waals surface area (Å²) in [4.78, 5) is 12.5. The lowest BCUT2D eigenvalue weighted by Crippen LogP contribution is -2.20. The molecule has 21 heavy (non-hydrogen) atoms. The topological polar surface area (TPSA) is 57.2 Å². The molecule has 4 heteroatoms. The van der Waals surface area contributed by atoms with Crippen LogP contribution in [-0.4, -0.2) is 11.7 Å². The Kier molecular flexibility index (Phi) is 3.36. The second kappa shape index (κ2) is 5.32. The minimum absolute atomic E-state index is 0.0161. The van der Waals surface area contributed by atoms with Gasteiger partial charge in [-0.1, -0.05) is 18.2 Å². The number of aromatic nitrogens is 1. The van der Waals surface area contributed by atoms with E-state index in [1.807, 2.05) is 42.5 Å². The number of methoxy groups -OCH3 is 1. The summed E-state index contributed by atoms with van der Waals surface area (Å²) in [5.74, 6) is 0.726. The maximum atomic E-state index is 12.5. The molecule has 0 aliphatic carbocycles. The summed E-state index contributed by atoms with van der Waals surface area (Å²) in [6.07, 6.45) is 1.80. The molecule has 0 atom stereocenters. The van der Waals surface area contributed by atoms with Gasteiger partial charge in [-0.25, -0.2) is 0 Å². The molecule has 4 nitrogen and oxygen atoms in total. The number of fused-ring (bicyclic) bond motifs is 1. The third kappa shape index (κ3) is 2.48. The Bertz CT molecular complexity index is 853. The first-order valence-electron chi connectivity index (χ1n) is 6.69. The van der Waals surface area contributed by atoms with Gasteiger partial charge in [-0.3, -0.25) is 4.79 Å². The van der Waals surface area contributed by atoms with Crippen molar-refractivity contribution in [3.05, 3.63) is 70.6 Å². The zero-order valence-corrected chi connectivity index (χ0v) is 11.7. The SMILES string of the molecule is COc1ccc(N)cc1Cn1ccc2ccccc2c1=O. The van der Waals surface area contributed by atoms with E-state index >= 15 is 0 Å². The maximum absolute atomic E-state index is 12.5. The summed E-state index contributed by atoms with van der Waals surface area (Å²) in [6.45, 7) is 0.428. The van der Waals surface area contributed by atoms with E-state index in [0.717, 1.165) is 16.7 Å². The summed E-state index contributed by atoms with van der Waals surface area (Å²) in [7, 11) is 1.61. The van der Waals surface area contributed by atoms with E-state index in [1.165, 1.54) is 0 Å². The van der Waals surface area contributed by atoms with Crippen LogP contribution < -0.4 is 16.0 Å². The molecule has 3 aromatic rings. The molecular formula is C17H16N2O2. The van der Waals surface area contributed by atoms with E-state index in [2.05, 4.69) is 0 Å². The zero-order valence-electron chi connectivity index (χ0n) is 11.7. The van der Waals surface area contributed by atoms with E-state index < -0.39 is 0 Å². The van der Waals surface area contributed by atoms with E-state index in [-0.39, 0.29) is 5.56 Å². The summed E-state index contributed by atoms with van der Waals surface area (Å²) < 4.78 is 7.00. The Morgan fingerprint density at radius 2 is 1.95 bits per heavy atom. The monoisotopic (exact) mass is 280 g/mol. The molecular weight excluding hydrogens is 264 g/mol. The molecule has 2 aromatic carbocycles. The first-order chi connectivity index (χ1) is 10.2. The van der Waals surface area contributed by atoms with Crippen LogP contribution in [0.3, 0.4) is 0 Å². The highest BCUT2D eigenvalue weighted by Gasteiger charge is 2.07. The molecule has 0 aliphatic heterocycles. The largest absolute Gasteiger partial charge is 0.496 e. The van der Waals surface area contributed by atoms with Crippen LogP contribution in [0.25, 0.3) is 10.8 Å². The molecule has 0 amide bonds. The van der Waals surface area contributed by atoms with Gasteiger partial charge in [-0.2, -0.15) is 0 Å². The third-order valence-corrected chi connectivity index (χ3v) is 3.53. The first-order valence-corrected chi connectivity index (χ1v) is 6.69. The number of nitrogens with two attached hydrogens (primary N) is 1. The van der Waals surface area contributed by atoms with E-state index in [4.69, 9.17) is 10.5 Å². The van der Waals surface area contributed by atoms with Gasteiger partial charge in [0.25, 0.3) is 5.56 Å². The van der Waals surface area contributed by atoms with Gasteiger partial charge in [0.1, 0.15) is 5.75 Å². The summed E-state index contributed by atoms with van der Waals surface area (Å²) in [5, 5.41) is 1.65. The Hall–Kier alpha value is -2.75. The van der Waals surface area contributed by atoms with Crippen LogP contribution in [0, 0.1) is 0 Å². The van der Waals surface area contributed by atoms with Gasteiger partial charge in [0.15, 0.2) is 0 Å². The molecule has 0 aliphatic rings. The van der Waals surface area contributed by atoms with Crippen molar-refractivity contribution in [3.8, 4) is 5.75 Å². The van der Waals surface area contributed by atoms with Gasteiger partial charge < -0.3 is 15.0 Å². The fourth-order valence-corrected chi connectivity index (χ4v) is 2.46. The number of ether oxygens (including phenoxy) is 1. The second-order valence-electron chi connectivity index (χ2n) is 4.91. The van der Waals surface area contributed by atoms with Crippen LogP contribution in [0.2, 0.25) is 0 Å². The van der Waals surface area contributed by atoms with Crippen molar-refractivity contribution in [1.29, 1.82) is 0 Å². The summed E-state index contributed by atoms with van der Waals surface area (Å²) in [6, 6.07) is 14.9. The molecule has 2 N–H and O–H groups in total. The van der Waals surface area contributed by atoms with Crippen molar-refractivity contribution in [2.45, 2.75) is 6.54 Å². The molecule has 1 heterocycles. The molecule has 0 unspecified atom stereocenters. The van der Waals surface area contributed by atoms with Crippen molar-refractivity contribution < 1.29 is 4.74 Å². The number of rotatable bonds is 3. The molecule has 0 saturated carbocycles. The van der Waals surface area contributed by atoms with E-state index in [9.17, 15) is 4.79 Å². The van der Waals surface area contributed by atoms with Gasteiger partial charge in [0.05, 0.1) is 13.7 Å². The third-order valence-electron chi connectivity index (χ3n) is 3.53. The van der Waals surface area contributed by atoms with Crippen LogP contribution in [0.15, 0.2) is 59.5 Å². The number of nitrogens with zero attached hydrogens (tertiary/aromatic N) is 1. The predicted octanol–water partition coefficient (Wildman–Crippen LogP) is 2.64. The van der Waals surface area contributed by atoms with Gasteiger partial charge in [-0.05, 0) is 35.7 Å². The van der Waals surface area contributed by atoms with Crippen molar-refractivity contribution in [2.75, 3.05) is 12.8 Å². The summed E-state index contributed by atoms with van der Waals surface area (Å²) in [5.41, 5.74) is 7.34. The van der Waals surface area contributed by atoms with Crippen LogP contribution in [0.1, 0.15) is 5.56 Å². The Morgan fingerprint density at radius 3 is 2.76 bits per heavy atom. The quantitative estimate of drug-likeness (QED) is 0.750. The van der Waals surface area contributed by atoms with Crippen molar-refractivity contribution in [1.82, 2.24) is 4.57 Å². The first kappa shape index (κ1) is 13.2. The standard InChI is InChI=1S/C17H16N2O2/c1-21-16-7-6-14(18)10-13(16)11-19-9-8-12-4-2-3-5-15(12)17(19)20/h2-10H,11,18H2,1H3. The van der Waals surface area contributed by atoms with Gasteiger partial charge in [0.2, 0.25) is 0 Å². The Balaban J connectivity index is 2.08. The minimum atomic E-state index is -0.0161. The van der Waals surface area contributed by atoms with Crippen molar-refractivity contribution in [2.24, 2.45) is 0 Å². The maximum Gasteiger partial charge on any atom is 0.258 e. The number of hydrogen-bond donors (Lipinski definition) is 1. The highest BCUT2D eigenvalue weighted by atomic mass is 16.5. The van der Waals surface area contributed by atoms with Crippen LogP contribution >= 0.6 is 0 Å². The minimum Gasteiger partial charge on any atom is -0.496 e. The summed E-state index contributed by atoms with van der Waals surface area (Å²) >= 11 is 0. The molecule has 0 radical (unpaired) electrons. The molecule has 0 bridgehead atoms. The lowest BCUT2D eigenvalue weighted by atomic mass is 10.1. The molecule has 0 spiro atoms. The molecule has 106 valence electrons. The van der Waals surface area contributed by atoms with Gasteiger partial charge in [-0.15, -0.1) is 0 Å². The molecule has 0 fully saturated rings.